The van der Waals surface area contributed by atoms with E-state index in [0.717, 1.165) is 38.7 Å². The van der Waals surface area contributed by atoms with E-state index < -0.39 is 17.8 Å². The monoisotopic (exact) mass is 414 g/mol. The van der Waals surface area contributed by atoms with Gasteiger partial charge in [-0.05, 0) is 74.7 Å². The van der Waals surface area contributed by atoms with Gasteiger partial charge in [0, 0.05) is 29.5 Å². The van der Waals surface area contributed by atoms with Crippen LogP contribution in [0.2, 0.25) is 0 Å². The van der Waals surface area contributed by atoms with Crippen LogP contribution in [0, 0.1) is 27.7 Å². The van der Waals surface area contributed by atoms with Gasteiger partial charge in [0.2, 0.25) is 0 Å². The van der Waals surface area contributed by atoms with Crippen molar-refractivity contribution in [2.45, 2.75) is 27.7 Å². The van der Waals surface area contributed by atoms with Crippen molar-refractivity contribution in [1.29, 1.82) is 0 Å². The number of benzene rings is 1. The van der Waals surface area contributed by atoms with Crippen molar-refractivity contribution < 1.29 is 14.4 Å². The summed E-state index contributed by atoms with van der Waals surface area (Å²) >= 11 is 0. The highest BCUT2D eigenvalue weighted by molar-refractivity contribution is 6.39. The fraction of sp³-hybridized carbons (Fsp3) is 0.167. The molecule has 4 amide bonds. The molecular formula is C24H22N4O3. The molecule has 1 aromatic carbocycles. The summed E-state index contributed by atoms with van der Waals surface area (Å²) in [5.74, 6) is -1.38. The molecule has 4 rings (SSSR count). The van der Waals surface area contributed by atoms with E-state index in [1.54, 1.807) is 6.08 Å². The molecule has 1 N–H and O–H groups in total. The molecule has 0 unspecified atom stereocenters. The predicted molar refractivity (Wildman–Crippen MR) is 118 cm³/mol. The molecule has 0 radical (unpaired) electrons. The first kappa shape index (κ1) is 20.3. The number of carbonyl (C=O) groups is 3. The zero-order valence-electron chi connectivity index (χ0n) is 17.8. The van der Waals surface area contributed by atoms with Crippen LogP contribution in [0.15, 0.2) is 54.4 Å². The van der Waals surface area contributed by atoms with Crippen molar-refractivity contribution >= 4 is 29.6 Å². The number of urea groups is 1. The van der Waals surface area contributed by atoms with Crippen molar-refractivity contribution in [3.63, 3.8) is 0 Å². The Hall–Kier alpha value is -4.00. The predicted octanol–water partition coefficient (Wildman–Crippen LogP) is 3.77. The van der Waals surface area contributed by atoms with Crippen LogP contribution in [0.25, 0.3) is 11.8 Å². The summed E-state index contributed by atoms with van der Waals surface area (Å²) in [6.07, 6.45) is 4.50. The Labute approximate surface area is 180 Å². The second kappa shape index (κ2) is 7.68. The second-order valence-corrected chi connectivity index (χ2v) is 7.62. The van der Waals surface area contributed by atoms with Gasteiger partial charge in [0.15, 0.2) is 0 Å². The molecule has 0 spiro atoms. The molecule has 0 atom stereocenters. The zero-order valence-corrected chi connectivity index (χ0v) is 17.8. The Kier molecular flexibility index (Phi) is 5.02. The number of hydrogen-bond donors (Lipinski definition) is 1. The SMILES string of the molecule is Cc1ccc(C)c(-n2c(C)cc(/C=C3\C(=O)NC(=O)N(c4ccncc4)C3=O)c2C)c1. The lowest BCUT2D eigenvalue weighted by Crippen LogP contribution is -2.54. The van der Waals surface area contributed by atoms with Crippen LogP contribution in [0.5, 0.6) is 0 Å². The molecule has 156 valence electrons. The Morgan fingerprint density at radius 3 is 2.35 bits per heavy atom. The maximum atomic E-state index is 13.1. The van der Waals surface area contributed by atoms with Crippen LogP contribution in [0.4, 0.5) is 10.5 Å². The third kappa shape index (κ3) is 3.54. The minimum absolute atomic E-state index is 0.0994. The molecule has 3 aromatic rings. The molecule has 3 heterocycles. The van der Waals surface area contributed by atoms with Crippen molar-refractivity contribution in [2.75, 3.05) is 4.90 Å². The van der Waals surface area contributed by atoms with Crippen LogP contribution in [-0.4, -0.2) is 27.4 Å². The van der Waals surface area contributed by atoms with E-state index in [1.165, 1.54) is 24.5 Å². The summed E-state index contributed by atoms with van der Waals surface area (Å²) < 4.78 is 2.10. The number of carbonyl (C=O) groups excluding carboxylic acids is 3. The Bertz CT molecular complexity index is 1260. The van der Waals surface area contributed by atoms with Gasteiger partial charge in [-0.25, -0.2) is 9.69 Å². The molecule has 1 saturated heterocycles. The van der Waals surface area contributed by atoms with E-state index in [0.29, 0.717) is 5.69 Å². The van der Waals surface area contributed by atoms with E-state index in [-0.39, 0.29) is 5.57 Å². The summed E-state index contributed by atoms with van der Waals surface area (Å²) in [4.78, 5) is 42.7. The number of barbiturate groups is 1. The van der Waals surface area contributed by atoms with Gasteiger partial charge in [0.25, 0.3) is 11.8 Å². The summed E-state index contributed by atoms with van der Waals surface area (Å²) in [6, 6.07) is 10.5. The van der Waals surface area contributed by atoms with Gasteiger partial charge < -0.3 is 4.57 Å². The van der Waals surface area contributed by atoms with E-state index in [2.05, 4.69) is 33.1 Å². The van der Waals surface area contributed by atoms with Gasteiger partial charge in [-0.1, -0.05) is 12.1 Å². The Morgan fingerprint density at radius 2 is 1.65 bits per heavy atom. The normalized spacial score (nSPS) is 15.5. The number of hydrogen-bond acceptors (Lipinski definition) is 4. The molecule has 31 heavy (non-hydrogen) atoms. The minimum Gasteiger partial charge on any atom is -0.318 e. The molecule has 1 aliphatic heterocycles. The number of aryl methyl sites for hydroxylation is 3. The third-order valence-electron chi connectivity index (χ3n) is 5.40. The summed E-state index contributed by atoms with van der Waals surface area (Å²) in [6.45, 7) is 8.00. The molecule has 0 aliphatic carbocycles. The highest BCUT2D eigenvalue weighted by Gasteiger charge is 2.37. The van der Waals surface area contributed by atoms with Crippen LogP contribution >= 0.6 is 0 Å². The van der Waals surface area contributed by atoms with Gasteiger partial charge in [0.05, 0.1) is 5.69 Å². The maximum absolute atomic E-state index is 13.1. The highest BCUT2D eigenvalue weighted by Crippen LogP contribution is 2.27. The van der Waals surface area contributed by atoms with Gasteiger partial charge in [-0.2, -0.15) is 0 Å². The number of pyridine rings is 1. The summed E-state index contributed by atoms with van der Waals surface area (Å²) in [7, 11) is 0. The number of amides is 4. The van der Waals surface area contributed by atoms with Crippen LogP contribution in [0.1, 0.15) is 28.1 Å². The number of imide groups is 2. The van der Waals surface area contributed by atoms with Crippen molar-refractivity contribution in [2.24, 2.45) is 0 Å². The van der Waals surface area contributed by atoms with Gasteiger partial charge >= 0.3 is 6.03 Å². The summed E-state index contributed by atoms with van der Waals surface area (Å²) in [5.41, 5.74) is 6.16. The topological polar surface area (TPSA) is 84.3 Å². The average molecular weight is 414 g/mol. The van der Waals surface area contributed by atoms with Crippen molar-refractivity contribution in [1.82, 2.24) is 14.9 Å². The first-order chi connectivity index (χ1) is 14.8. The number of aromatic nitrogens is 2. The lowest BCUT2D eigenvalue weighted by Gasteiger charge is -2.26. The first-order valence-electron chi connectivity index (χ1n) is 9.86. The molecular weight excluding hydrogens is 392 g/mol. The minimum atomic E-state index is -0.779. The first-order valence-corrected chi connectivity index (χ1v) is 9.86. The lowest BCUT2D eigenvalue weighted by atomic mass is 10.1. The third-order valence-corrected chi connectivity index (χ3v) is 5.40. The molecule has 1 aliphatic rings. The van der Waals surface area contributed by atoms with Gasteiger partial charge in [-0.3, -0.25) is 19.9 Å². The number of nitrogens with one attached hydrogen (secondary N) is 1. The second-order valence-electron chi connectivity index (χ2n) is 7.62. The largest absolute Gasteiger partial charge is 0.335 e. The number of nitrogens with zero attached hydrogens (tertiary/aromatic N) is 3. The molecule has 7 heteroatoms. The lowest BCUT2D eigenvalue weighted by molar-refractivity contribution is -0.122. The number of rotatable bonds is 3. The molecule has 7 nitrogen and oxygen atoms in total. The fourth-order valence-electron chi connectivity index (χ4n) is 3.81. The van der Waals surface area contributed by atoms with E-state index in [1.807, 2.05) is 33.8 Å². The number of anilines is 1. The van der Waals surface area contributed by atoms with Crippen LogP contribution < -0.4 is 10.2 Å². The average Bonchev–Trinajstić information content (AvgIpc) is 3.00. The Morgan fingerprint density at radius 1 is 0.935 bits per heavy atom. The van der Waals surface area contributed by atoms with Crippen LogP contribution in [-0.2, 0) is 9.59 Å². The molecule has 0 bridgehead atoms. The molecule has 2 aromatic heterocycles. The van der Waals surface area contributed by atoms with E-state index in [9.17, 15) is 14.4 Å². The quantitative estimate of drug-likeness (QED) is 0.522. The van der Waals surface area contributed by atoms with Gasteiger partial charge in [0.1, 0.15) is 5.57 Å². The van der Waals surface area contributed by atoms with Gasteiger partial charge in [-0.15, -0.1) is 0 Å². The summed E-state index contributed by atoms with van der Waals surface area (Å²) in [5, 5.41) is 2.25. The van der Waals surface area contributed by atoms with Crippen LogP contribution in [0.3, 0.4) is 0 Å². The smallest absolute Gasteiger partial charge is 0.318 e. The fourth-order valence-corrected chi connectivity index (χ4v) is 3.81. The Balaban J connectivity index is 1.79. The molecule has 1 fully saturated rings. The zero-order chi connectivity index (χ0) is 22.3. The standard InChI is InChI=1S/C24H22N4O3/c1-14-5-6-15(2)21(11-14)27-16(3)12-18(17(27)4)13-20-22(29)26-24(31)28(23(20)30)19-7-9-25-10-8-19/h5-13H,1-4H3,(H,26,29,31)/b20-13+. The highest BCUT2D eigenvalue weighted by atomic mass is 16.2. The van der Waals surface area contributed by atoms with Crippen molar-refractivity contribution in [3.05, 3.63) is 82.4 Å². The molecule has 0 saturated carbocycles. The van der Waals surface area contributed by atoms with Crippen molar-refractivity contribution in [3.8, 4) is 5.69 Å². The van der Waals surface area contributed by atoms with E-state index >= 15 is 0 Å². The maximum Gasteiger partial charge on any atom is 0.335 e. The van der Waals surface area contributed by atoms with E-state index in [4.69, 9.17) is 0 Å².